The van der Waals surface area contributed by atoms with Crippen molar-refractivity contribution >= 4 is 21.4 Å². The number of benzene rings is 1. The SMILES string of the molecule is O=[N+]([O-])c1cc(S(=O)(=O)N2CCCCCC2)ccc1NCc1ccn(C2CCCC2)n1. The summed E-state index contributed by atoms with van der Waals surface area (Å²) < 4.78 is 29.4. The summed E-state index contributed by atoms with van der Waals surface area (Å²) in [5.41, 5.74) is 0.837. The lowest BCUT2D eigenvalue weighted by molar-refractivity contribution is -0.384. The molecule has 0 atom stereocenters. The minimum absolute atomic E-state index is 0.0304. The second-order valence-electron chi connectivity index (χ2n) is 8.33. The fourth-order valence-electron chi connectivity index (χ4n) is 4.43. The van der Waals surface area contributed by atoms with E-state index >= 15 is 0 Å². The summed E-state index contributed by atoms with van der Waals surface area (Å²) in [6.45, 7) is 1.25. The van der Waals surface area contributed by atoms with Gasteiger partial charge in [-0.3, -0.25) is 14.8 Å². The van der Waals surface area contributed by atoms with Crippen LogP contribution in [0, 0.1) is 10.1 Å². The summed E-state index contributed by atoms with van der Waals surface area (Å²) in [5, 5.41) is 19.3. The number of anilines is 1. The Morgan fingerprint density at radius 1 is 1.06 bits per heavy atom. The van der Waals surface area contributed by atoms with Gasteiger partial charge in [0.25, 0.3) is 5.69 Å². The first kappa shape index (κ1) is 21.8. The summed E-state index contributed by atoms with van der Waals surface area (Å²) in [4.78, 5) is 11.1. The Labute approximate surface area is 182 Å². The third-order valence-electron chi connectivity index (χ3n) is 6.19. The highest BCUT2D eigenvalue weighted by atomic mass is 32.2. The van der Waals surface area contributed by atoms with Crippen LogP contribution in [0.1, 0.15) is 63.1 Å². The molecule has 0 radical (unpaired) electrons. The summed E-state index contributed by atoms with van der Waals surface area (Å²) in [6, 6.07) is 6.45. The second kappa shape index (κ2) is 9.35. The third-order valence-corrected chi connectivity index (χ3v) is 8.09. The van der Waals surface area contributed by atoms with Gasteiger partial charge in [0.1, 0.15) is 5.69 Å². The number of nitrogens with zero attached hydrogens (tertiary/aromatic N) is 4. The number of hydrogen-bond donors (Lipinski definition) is 1. The predicted molar refractivity (Wildman–Crippen MR) is 117 cm³/mol. The van der Waals surface area contributed by atoms with E-state index in [0.29, 0.717) is 25.7 Å². The topological polar surface area (TPSA) is 110 Å². The molecule has 1 aliphatic heterocycles. The molecule has 2 heterocycles. The van der Waals surface area contributed by atoms with E-state index in [4.69, 9.17) is 0 Å². The van der Waals surface area contributed by atoms with E-state index in [1.807, 2.05) is 16.9 Å². The van der Waals surface area contributed by atoms with Crippen molar-refractivity contribution in [2.24, 2.45) is 0 Å². The van der Waals surface area contributed by atoms with E-state index in [2.05, 4.69) is 10.4 Å². The zero-order valence-corrected chi connectivity index (χ0v) is 18.4. The van der Waals surface area contributed by atoms with Crippen molar-refractivity contribution in [2.45, 2.75) is 68.8 Å². The fraction of sp³-hybridized carbons (Fsp3) is 0.571. The highest BCUT2D eigenvalue weighted by Gasteiger charge is 2.28. The van der Waals surface area contributed by atoms with E-state index in [-0.39, 0.29) is 16.3 Å². The molecule has 4 rings (SSSR count). The summed E-state index contributed by atoms with van der Waals surface area (Å²) in [7, 11) is -3.75. The van der Waals surface area contributed by atoms with Crippen LogP contribution >= 0.6 is 0 Å². The first-order chi connectivity index (χ1) is 14.9. The molecule has 0 spiro atoms. The molecule has 0 unspecified atom stereocenters. The second-order valence-corrected chi connectivity index (χ2v) is 10.3. The van der Waals surface area contributed by atoms with Crippen LogP contribution in [-0.4, -0.2) is 40.5 Å². The predicted octanol–water partition coefficient (Wildman–Crippen LogP) is 4.08. The summed E-state index contributed by atoms with van der Waals surface area (Å²) in [5.74, 6) is 0. The first-order valence-corrected chi connectivity index (χ1v) is 12.5. The maximum Gasteiger partial charge on any atom is 0.293 e. The molecule has 0 bridgehead atoms. The van der Waals surface area contributed by atoms with Crippen molar-refractivity contribution in [1.29, 1.82) is 0 Å². The van der Waals surface area contributed by atoms with Gasteiger partial charge in [0.2, 0.25) is 10.0 Å². The molecule has 2 fully saturated rings. The largest absolute Gasteiger partial charge is 0.374 e. The van der Waals surface area contributed by atoms with Crippen LogP contribution in [0.3, 0.4) is 0 Å². The molecule has 1 aromatic heterocycles. The van der Waals surface area contributed by atoms with Crippen LogP contribution in [0.4, 0.5) is 11.4 Å². The van der Waals surface area contributed by atoms with Gasteiger partial charge in [0.05, 0.1) is 28.1 Å². The van der Waals surface area contributed by atoms with Gasteiger partial charge in [-0.25, -0.2) is 8.42 Å². The summed E-state index contributed by atoms with van der Waals surface area (Å²) in [6.07, 6.45) is 10.3. The van der Waals surface area contributed by atoms with Crippen LogP contribution < -0.4 is 5.32 Å². The van der Waals surface area contributed by atoms with Crippen LogP contribution in [0.5, 0.6) is 0 Å². The maximum atomic E-state index is 13.0. The van der Waals surface area contributed by atoms with Crippen molar-refractivity contribution in [3.8, 4) is 0 Å². The number of aromatic nitrogens is 2. The average molecular weight is 448 g/mol. The Morgan fingerprint density at radius 3 is 2.45 bits per heavy atom. The Hall–Kier alpha value is -2.46. The normalized spacial score (nSPS) is 18.7. The minimum atomic E-state index is -3.75. The molecule has 0 amide bonds. The quantitative estimate of drug-likeness (QED) is 0.506. The Morgan fingerprint density at radius 2 is 1.77 bits per heavy atom. The molecule has 2 aliphatic rings. The molecular weight excluding hydrogens is 418 g/mol. The number of hydrogen-bond acceptors (Lipinski definition) is 6. The van der Waals surface area contributed by atoms with Crippen molar-refractivity contribution in [3.63, 3.8) is 0 Å². The minimum Gasteiger partial charge on any atom is -0.374 e. The lowest BCUT2D eigenvalue weighted by Gasteiger charge is -2.20. The number of nitro benzene ring substituents is 1. The van der Waals surface area contributed by atoms with Gasteiger partial charge in [0.15, 0.2) is 0 Å². The fourth-order valence-corrected chi connectivity index (χ4v) is 5.97. The van der Waals surface area contributed by atoms with E-state index in [1.165, 1.54) is 35.3 Å². The lowest BCUT2D eigenvalue weighted by atomic mass is 10.2. The molecule has 10 heteroatoms. The molecule has 31 heavy (non-hydrogen) atoms. The van der Waals surface area contributed by atoms with Gasteiger partial charge in [-0.05, 0) is 43.9 Å². The van der Waals surface area contributed by atoms with E-state index in [1.54, 1.807) is 0 Å². The Bertz CT molecular complexity index is 1020. The molecular formula is C21H29N5O4S. The van der Waals surface area contributed by atoms with Crippen LogP contribution in [0.15, 0.2) is 35.4 Å². The van der Waals surface area contributed by atoms with E-state index in [0.717, 1.165) is 44.2 Å². The molecule has 1 saturated carbocycles. The molecule has 1 aliphatic carbocycles. The number of sulfonamides is 1. The number of nitro groups is 1. The smallest absolute Gasteiger partial charge is 0.293 e. The van der Waals surface area contributed by atoms with E-state index < -0.39 is 14.9 Å². The van der Waals surface area contributed by atoms with Crippen molar-refractivity contribution < 1.29 is 13.3 Å². The summed E-state index contributed by atoms with van der Waals surface area (Å²) >= 11 is 0. The van der Waals surface area contributed by atoms with Crippen LogP contribution in [0.25, 0.3) is 0 Å². The van der Waals surface area contributed by atoms with Crippen LogP contribution in [0.2, 0.25) is 0 Å². The Kier molecular flexibility index (Phi) is 6.57. The average Bonchev–Trinajstić information content (AvgIpc) is 3.38. The van der Waals surface area contributed by atoms with Gasteiger partial charge in [-0.2, -0.15) is 9.40 Å². The first-order valence-electron chi connectivity index (χ1n) is 11.0. The molecule has 168 valence electrons. The highest BCUT2D eigenvalue weighted by molar-refractivity contribution is 7.89. The van der Waals surface area contributed by atoms with Gasteiger partial charge < -0.3 is 5.32 Å². The van der Waals surface area contributed by atoms with Crippen LogP contribution in [-0.2, 0) is 16.6 Å². The molecule has 1 saturated heterocycles. The third kappa shape index (κ3) is 4.90. The highest BCUT2D eigenvalue weighted by Crippen LogP contribution is 2.31. The lowest BCUT2D eigenvalue weighted by Crippen LogP contribution is -2.32. The monoisotopic (exact) mass is 447 g/mol. The van der Waals surface area contributed by atoms with Crippen molar-refractivity contribution in [3.05, 3.63) is 46.3 Å². The molecule has 1 aromatic carbocycles. The van der Waals surface area contributed by atoms with Gasteiger partial charge in [0, 0.05) is 25.4 Å². The van der Waals surface area contributed by atoms with Gasteiger partial charge in [-0.15, -0.1) is 0 Å². The molecule has 1 N–H and O–H groups in total. The Balaban J connectivity index is 1.50. The van der Waals surface area contributed by atoms with Crippen molar-refractivity contribution in [1.82, 2.24) is 14.1 Å². The van der Waals surface area contributed by atoms with Crippen molar-refractivity contribution in [2.75, 3.05) is 18.4 Å². The zero-order valence-electron chi connectivity index (χ0n) is 17.6. The van der Waals surface area contributed by atoms with Gasteiger partial charge in [-0.1, -0.05) is 25.7 Å². The van der Waals surface area contributed by atoms with Gasteiger partial charge >= 0.3 is 0 Å². The molecule has 2 aromatic rings. The maximum absolute atomic E-state index is 13.0. The standard InChI is InChI=1S/C21H29N5O4S/c27-26(28)21-15-19(31(29,30)24-12-5-1-2-6-13-24)9-10-20(21)22-16-17-11-14-25(23-17)18-7-3-4-8-18/h9-11,14-15,18,22H,1-8,12-13,16H2. The molecule has 9 nitrogen and oxygen atoms in total. The zero-order chi connectivity index (χ0) is 21.8. The van der Waals surface area contributed by atoms with E-state index in [9.17, 15) is 18.5 Å². The number of nitrogens with one attached hydrogen (secondary N) is 1. The number of rotatable bonds is 7.